The van der Waals surface area contributed by atoms with Gasteiger partial charge in [-0.2, -0.15) is 0 Å². The van der Waals surface area contributed by atoms with E-state index in [9.17, 15) is 0 Å². The van der Waals surface area contributed by atoms with E-state index in [4.69, 9.17) is 0 Å². The predicted octanol–water partition coefficient (Wildman–Crippen LogP) is 3.96. The highest BCUT2D eigenvalue weighted by Gasteiger charge is 2.13. The summed E-state index contributed by atoms with van der Waals surface area (Å²) in [4.78, 5) is 8.31. The molecular weight excluding hydrogens is 276 g/mol. The SMILES string of the molecule is C1=C(c2ccccn2)CCN(CCSc2ccccc2)C1. The maximum Gasteiger partial charge on any atom is 0.0659 e. The van der Waals surface area contributed by atoms with E-state index in [2.05, 4.69) is 58.4 Å². The van der Waals surface area contributed by atoms with Crippen LogP contribution in [0.15, 0.2) is 65.7 Å². The lowest BCUT2D eigenvalue weighted by Gasteiger charge is -2.25. The Morgan fingerprint density at radius 3 is 2.62 bits per heavy atom. The Balaban J connectivity index is 1.46. The van der Waals surface area contributed by atoms with E-state index in [-0.39, 0.29) is 0 Å². The third-order valence-electron chi connectivity index (χ3n) is 3.71. The van der Waals surface area contributed by atoms with Crippen LogP contribution in [0.1, 0.15) is 12.1 Å². The van der Waals surface area contributed by atoms with Crippen LogP contribution in [0, 0.1) is 0 Å². The van der Waals surface area contributed by atoms with Gasteiger partial charge in [0, 0.05) is 36.5 Å². The molecule has 3 rings (SSSR count). The maximum atomic E-state index is 4.44. The summed E-state index contributed by atoms with van der Waals surface area (Å²) < 4.78 is 0. The molecule has 21 heavy (non-hydrogen) atoms. The van der Waals surface area contributed by atoms with Crippen molar-refractivity contribution in [3.8, 4) is 0 Å². The zero-order valence-corrected chi connectivity index (χ0v) is 12.9. The molecule has 3 heteroatoms. The van der Waals surface area contributed by atoms with Crippen molar-refractivity contribution in [1.82, 2.24) is 9.88 Å². The number of hydrogen-bond donors (Lipinski definition) is 0. The largest absolute Gasteiger partial charge is 0.299 e. The van der Waals surface area contributed by atoms with Gasteiger partial charge in [0.05, 0.1) is 5.69 Å². The molecule has 0 N–H and O–H groups in total. The smallest absolute Gasteiger partial charge is 0.0659 e. The first-order chi connectivity index (χ1) is 10.4. The quantitative estimate of drug-likeness (QED) is 0.777. The fourth-order valence-corrected chi connectivity index (χ4v) is 3.44. The maximum absolute atomic E-state index is 4.44. The van der Waals surface area contributed by atoms with Crippen molar-refractivity contribution < 1.29 is 0 Å². The second-order valence-electron chi connectivity index (χ2n) is 5.16. The van der Waals surface area contributed by atoms with Gasteiger partial charge in [-0.15, -0.1) is 11.8 Å². The second-order valence-corrected chi connectivity index (χ2v) is 6.32. The molecule has 108 valence electrons. The third kappa shape index (κ3) is 4.19. The zero-order valence-electron chi connectivity index (χ0n) is 12.1. The van der Waals surface area contributed by atoms with Gasteiger partial charge in [0.25, 0.3) is 0 Å². The molecule has 0 aliphatic carbocycles. The molecule has 1 aromatic carbocycles. The van der Waals surface area contributed by atoms with Crippen LogP contribution in [-0.2, 0) is 0 Å². The molecule has 0 unspecified atom stereocenters. The van der Waals surface area contributed by atoms with Crippen LogP contribution < -0.4 is 0 Å². The van der Waals surface area contributed by atoms with Crippen molar-refractivity contribution in [1.29, 1.82) is 0 Å². The highest BCUT2D eigenvalue weighted by molar-refractivity contribution is 7.99. The Morgan fingerprint density at radius 1 is 1.05 bits per heavy atom. The normalized spacial score (nSPS) is 15.7. The van der Waals surface area contributed by atoms with Gasteiger partial charge in [-0.25, -0.2) is 0 Å². The topological polar surface area (TPSA) is 16.1 Å². The summed E-state index contributed by atoms with van der Waals surface area (Å²) in [6, 6.07) is 16.8. The molecule has 2 aromatic rings. The van der Waals surface area contributed by atoms with E-state index in [0.717, 1.165) is 37.5 Å². The van der Waals surface area contributed by atoms with Crippen LogP contribution in [0.3, 0.4) is 0 Å². The molecule has 1 aliphatic heterocycles. The molecular formula is C18H20N2S. The number of pyridine rings is 1. The van der Waals surface area contributed by atoms with Gasteiger partial charge < -0.3 is 0 Å². The van der Waals surface area contributed by atoms with Crippen molar-refractivity contribution in [3.05, 3.63) is 66.5 Å². The molecule has 2 heterocycles. The Labute approximate surface area is 130 Å². The van der Waals surface area contributed by atoms with Gasteiger partial charge in [-0.1, -0.05) is 30.3 Å². The summed E-state index contributed by atoms with van der Waals surface area (Å²) in [5.41, 5.74) is 2.53. The minimum atomic E-state index is 1.04. The van der Waals surface area contributed by atoms with Crippen LogP contribution >= 0.6 is 11.8 Å². The van der Waals surface area contributed by atoms with Gasteiger partial charge in [-0.05, 0) is 36.3 Å². The van der Waals surface area contributed by atoms with Crippen LogP contribution in [-0.4, -0.2) is 35.3 Å². The molecule has 2 nitrogen and oxygen atoms in total. The van der Waals surface area contributed by atoms with Gasteiger partial charge in [0.2, 0.25) is 0 Å². The van der Waals surface area contributed by atoms with Gasteiger partial charge >= 0.3 is 0 Å². The van der Waals surface area contributed by atoms with E-state index in [0.29, 0.717) is 0 Å². The van der Waals surface area contributed by atoms with E-state index in [1.165, 1.54) is 10.5 Å². The minimum Gasteiger partial charge on any atom is -0.299 e. The average Bonchev–Trinajstić information content (AvgIpc) is 2.57. The lowest BCUT2D eigenvalue weighted by atomic mass is 10.0. The second kappa shape index (κ2) is 7.43. The fourth-order valence-electron chi connectivity index (χ4n) is 2.51. The first-order valence-electron chi connectivity index (χ1n) is 7.42. The standard InChI is InChI=1S/C18H20N2S/c1-2-6-17(7-3-1)21-15-14-20-12-9-16(10-13-20)18-8-4-5-11-19-18/h1-9,11H,10,12-15H2. The summed E-state index contributed by atoms with van der Waals surface area (Å²) in [7, 11) is 0. The molecule has 0 atom stereocenters. The van der Waals surface area contributed by atoms with Crippen molar-refractivity contribution in [3.63, 3.8) is 0 Å². The van der Waals surface area contributed by atoms with Gasteiger partial charge in [0.15, 0.2) is 0 Å². The van der Waals surface area contributed by atoms with Gasteiger partial charge in [-0.3, -0.25) is 9.88 Å². The van der Waals surface area contributed by atoms with Crippen LogP contribution in [0.2, 0.25) is 0 Å². The van der Waals surface area contributed by atoms with E-state index in [1.807, 2.05) is 24.0 Å². The summed E-state index contributed by atoms with van der Waals surface area (Å²) >= 11 is 1.94. The van der Waals surface area contributed by atoms with E-state index in [1.54, 1.807) is 0 Å². The predicted molar refractivity (Wildman–Crippen MR) is 90.4 cm³/mol. The van der Waals surface area contributed by atoms with Gasteiger partial charge in [0.1, 0.15) is 0 Å². The molecule has 1 aliphatic rings. The van der Waals surface area contributed by atoms with E-state index < -0.39 is 0 Å². The van der Waals surface area contributed by atoms with Crippen LogP contribution in [0.4, 0.5) is 0 Å². The molecule has 0 bridgehead atoms. The van der Waals surface area contributed by atoms with E-state index >= 15 is 0 Å². The molecule has 0 radical (unpaired) electrons. The number of thioether (sulfide) groups is 1. The number of rotatable bonds is 5. The minimum absolute atomic E-state index is 1.04. The lowest BCUT2D eigenvalue weighted by molar-refractivity contribution is 0.321. The van der Waals surface area contributed by atoms with Crippen molar-refractivity contribution in [2.24, 2.45) is 0 Å². The molecule has 1 aromatic heterocycles. The Morgan fingerprint density at radius 2 is 1.90 bits per heavy atom. The highest BCUT2D eigenvalue weighted by Crippen LogP contribution is 2.21. The molecule has 0 saturated carbocycles. The fraction of sp³-hybridized carbons (Fsp3) is 0.278. The highest BCUT2D eigenvalue weighted by atomic mass is 32.2. The number of benzene rings is 1. The van der Waals surface area contributed by atoms with Crippen LogP contribution in [0.5, 0.6) is 0 Å². The number of aromatic nitrogens is 1. The summed E-state index contributed by atoms with van der Waals surface area (Å²) in [5, 5.41) is 0. The Kier molecular flexibility index (Phi) is 5.08. The number of hydrogen-bond acceptors (Lipinski definition) is 3. The van der Waals surface area contributed by atoms with Crippen molar-refractivity contribution in [2.45, 2.75) is 11.3 Å². The van der Waals surface area contributed by atoms with Crippen molar-refractivity contribution >= 4 is 17.3 Å². The first kappa shape index (κ1) is 14.4. The molecule has 0 fully saturated rings. The third-order valence-corrected chi connectivity index (χ3v) is 4.70. The summed E-state index contributed by atoms with van der Waals surface area (Å²) in [6.07, 6.45) is 5.31. The summed E-state index contributed by atoms with van der Waals surface area (Å²) in [6.45, 7) is 3.32. The Hall–Kier alpha value is -1.58. The molecule has 0 saturated heterocycles. The zero-order chi connectivity index (χ0) is 14.3. The van der Waals surface area contributed by atoms with Crippen molar-refractivity contribution in [2.75, 3.05) is 25.4 Å². The van der Waals surface area contributed by atoms with Crippen LogP contribution in [0.25, 0.3) is 5.57 Å². The molecule has 0 amide bonds. The lowest BCUT2D eigenvalue weighted by Crippen LogP contribution is -2.30. The average molecular weight is 296 g/mol. The summed E-state index contributed by atoms with van der Waals surface area (Å²) in [5.74, 6) is 1.15. The monoisotopic (exact) mass is 296 g/mol. The number of nitrogens with zero attached hydrogens (tertiary/aromatic N) is 2. The Bertz CT molecular complexity index is 581. The molecule has 0 spiro atoms. The first-order valence-corrected chi connectivity index (χ1v) is 8.41.